The Morgan fingerprint density at radius 2 is 1.79 bits per heavy atom. The molecular weight excluding hydrogens is 380 g/mol. The molecule has 3 amide bonds. The van der Waals surface area contributed by atoms with Crippen LogP contribution in [0.25, 0.3) is 0 Å². The quantitative estimate of drug-likeness (QED) is 0.748. The normalized spacial score (nSPS) is 13.4. The molecule has 1 aliphatic heterocycles. The zero-order chi connectivity index (χ0) is 20.8. The molecule has 0 atom stereocenters. The topological polar surface area (TPSA) is 78.5 Å². The van der Waals surface area contributed by atoms with E-state index in [0.717, 1.165) is 36.3 Å². The van der Waals surface area contributed by atoms with Crippen LogP contribution in [0.5, 0.6) is 0 Å². The average Bonchev–Trinajstić information content (AvgIpc) is 3.12. The lowest BCUT2D eigenvalue weighted by atomic mass is 10.2. The van der Waals surface area contributed by atoms with E-state index in [-0.39, 0.29) is 30.3 Å². The lowest BCUT2D eigenvalue weighted by Gasteiger charge is -2.16. The number of nitrogens with zero attached hydrogens (tertiary/aromatic N) is 1. The van der Waals surface area contributed by atoms with Gasteiger partial charge >= 0.3 is 0 Å². The van der Waals surface area contributed by atoms with Crippen molar-refractivity contribution in [2.24, 2.45) is 0 Å². The molecule has 0 aliphatic carbocycles. The minimum atomic E-state index is -0.953. The summed E-state index contributed by atoms with van der Waals surface area (Å²) < 4.78 is 26.4. The predicted octanol–water partition coefficient (Wildman–Crippen LogP) is 2.53. The highest BCUT2D eigenvalue weighted by Gasteiger charge is 2.21. The van der Waals surface area contributed by atoms with Crippen molar-refractivity contribution < 1.29 is 23.2 Å². The first-order valence-electron chi connectivity index (χ1n) is 9.33. The molecule has 2 aromatic carbocycles. The number of hydrogen-bond acceptors (Lipinski definition) is 3. The van der Waals surface area contributed by atoms with Crippen LogP contribution in [0.15, 0.2) is 42.5 Å². The molecule has 0 radical (unpaired) electrons. The van der Waals surface area contributed by atoms with Crippen molar-refractivity contribution in [3.63, 3.8) is 0 Å². The Kier molecular flexibility index (Phi) is 6.54. The van der Waals surface area contributed by atoms with Gasteiger partial charge in [0.15, 0.2) is 0 Å². The van der Waals surface area contributed by atoms with Crippen molar-refractivity contribution >= 4 is 23.4 Å². The van der Waals surface area contributed by atoms with Gasteiger partial charge in [0.1, 0.15) is 11.6 Å². The molecule has 1 heterocycles. The number of benzene rings is 2. The fraction of sp³-hybridized carbons (Fsp3) is 0.286. The Hall–Kier alpha value is -3.29. The highest BCUT2D eigenvalue weighted by atomic mass is 19.1. The average molecular weight is 401 g/mol. The molecule has 29 heavy (non-hydrogen) atoms. The van der Waals surface area contributed by atoms with Crippen molar-refractivity contribution in [3.8, 4) is 0 Å². The van der Waals surface area contributed by atoms with Crippen LogP contribution >= 0.6 is 0 Å². The number of amides is 3. The molecule has 6 nitrogen and oxygen atoms in total. The Morgan fingerprint density at radius 3 is 2.45 bits per heavy atom. The van der Waals surface area contributed by atoms with Crippen LogP contribution in [0.2, 0.25) is 0 Å². The van der Waals surface area contributed by atoms with E-state index in [0.29, 0.717) is 19.0 Å². The van der Waals surface area contributed by atoms with Gasteiger partial charge in [-0.1, -0.05) is 12.1 Å². The molecule has 2 N–H and O–H groups in total. The Bertz CT molecular complexity index is 916. The molecule has 0 bridgehead atoms. The third-order valence-electron chi connectivity index (χ3n) is 4.62. The first-order chi connectivity index (χ1) is 13.9. The third kappa shape index (κ3) is 5.37. The zero-order valence-corrected chi connectivity index (χ0v) is 15.7. The maximum absolute atomic E-state index is 13.5. The lowest BCUT2D eigenvalue weighted by molar-refractivity contribution is -0.121. The fourth-order valence-electron chi connectivity index (χ4n) is 3.06. The van der Waals surface area contributed by atoms with Crippen molar-refractivity contribution in [2.75, 3.05) is 18.0 Å². The summed E-state index contributed by atoms with van der Waals surface area (Å²) in [4.78, 5) is 37.3. The van der Waals surface area contributed by atoms with E-state index in [2.05, 4.69) is 10.6 Å². The molecule has 1 aliphatic rings. The number of halogens is 2. The van der Waals surface area contributed by atoms with E-state index < -0.39 is 17.5 Å². The van der Waals surface area contributed by atoms with Crippen molar-refractivity contribution in [1.82, 2.24) is 10.6 Å². The van der Waals surface area contributed by atoms with Crippen LogP contribution in [-0.4, -0.2) is 30.8 Å². The molecule has 2 aromatic rings. The van der Waals surface area contributed by atoms with Gasteiger partial charge in [0.25, 0.3) is 5.91 Å². The second-order valence-electron chi connectivity index (χ2n) is 6.72. The molecule has 0 saturated carbocycles. The van der Waals surface area contributed by atoms with Crippen LogP contribution in [0.1, 0.15) is 35.2 Å². The predicted molar refractivity (Wildman–Crippen MR) is 103 cm³/mol. The zero-order valence-electron chi connectivity index (χ0n) is 15.7. The van der Waals surface area contributed by atoms with Crippen molar-refractivity contribution in [2.45, 2.75) is 25.8 Å². The number of anilines is 1. The summed E-state index contributed by atoms with van der Waals surface area (Å²) in [5.74, 6) is -2.58. The minimum absolute atomic E-state index is 0.0227. The van der Waals surface area contributed by atoms with Gasteiger partial charge in [-0.25, -0.2) is 8.78 Å². The summed E-state index contributed by atoms with van der Waals surface area (Å²) in [6.07, 6.45) is 1.46. The minimum Gasteiger partial charge on any atom is -0.352 e. The molecule has 0 spiro atoms. The second-order valence-corrected chi connectivity index (χ2v) is 6.72. The third-order valence-corrected chi connectivity index (χ3v) is 4.62. The standard InChI is InChI=1S/C21H21F2N3O3/c22-15-5-8-17(18(23)12-15)21(29)24-10-9-19(27)25-13-14-3-6-16(7-4-14)26-11-1-2-20(26)28/h3-8,12H,1-2,9-11,13H2,(H,24,29)(H,25,27). The number of carbonyl (C=O) groups excluding carboxylic acids is 3. The van der Waals surface area contributed by atoms with E-state index >= 15 is 0 Å². The summed E-state index contributed by atoms with van der Waals surface area (Å²) in [7, 11) is 0. The molecule has 152 valence electrons. The van der Waals surface area contributed by atoms with E-state index in [1.807, 2.05) is 24.3 Å². The number of nitrogens with one attached hydrogen (secondary N) is 2. The molecule has 0 aromatic heterocycles. The van der Waals surface area contributed by atoms with E-state index in [1.165, 1.54) is 0 Å². The maximum Gasteiger partial charge on any atom is 0.254 e. The Labute approximate surface area is 166 Å². The van der Waals surface area contributed by atoms with Gasteiger partial charge in [-0.2, -0.15) is 0 Å². The summed E-state index contributed by atoms with van der Waals surface area (Å²) >= 11 is 0. The largest absolute Gasteiger partial charge is 0.352 e. The first-order valence-corrected chi connectivity index (χ1v) is 9.33. The van der Waals surface area contributed by atoms with Gasteiger partial charge in [0.2, 0.25) is 11.8 Å². The number of hydrogen-bond donors (Lipinski definition) is 2. The van der Waals surface area contributed by atoms with Gasteiger partial charge in [0, 0.05) is 44.2 Å². The van der Waals surface area contributed by atoms with Gasteiger partial charge in [0.05, 0.1) is 5.56 Å². The monoisotopic (exact) mass is 401 g/mol. The summed E-state index contributed by atoms with van der Waals surface area (Å²) in [6, 6.07) is 10.1. The van der Waals surface area contributed by atoms with Crippen molar-refractivity contribution in [3.05, 3.63) is 65.2 Å². The first kappa shape index (κ1) is 20.4. The van der Waals surface area contributed by atoms with E-state index in [4.69, 9.17) is 0 Å². The van der Waals surface area contributed by atoms with Crippen molar-refractivity contribution in [1.29, 1.82) is 0 Å². The van der Waals surface area contributed by atoms with Gasteiger partial charge in [-0.15, -0.1) is 0 Å². The van der Waals surface area contributed by atoms with Crippen LogP contribution in [0.4, 0.5) is 14.5 Å². The fourth-order valence-corrected chi connectivity index (χ4v) is 3.06. The molecule has 1 fully saturated rings. The second kappa shape index (κ2) is 9.27. The number of rotatable bonds is 7. The van der Waals surface area contributed by atoms with Crippen LogP contribution < -0.4 is 15.5 Å². The van der Waals surface area contributed by atoms with Gasteiger partial charge in [-0.3, -0.25) is 14.4 Å². The summed E-state index contributed by atoms with van der Waals surface area (Å²) in [6.45, 7) is 1.06. The van der Waals surface area contributed by atoms with Crippen LogP contribution in [-0.2, 0) is 16.1 Å². The van der Waals surface area contributed by atoms with E-state index in [9.17, 15) is 23.2 Å². The molecule has 0 unspecified atom stereocenters. The Balaban J connectivity index is 1.40. The van der Waals surface area contributed by atoms with Gasteiger partial charge in [-0.05, 0) is 36.2 Å². The summed E-state index contributed by atoms with van der Waals surface area (Å²) in [5, 5.41) is 5.17. The molecule has 8 heteroatoms. The summed E-state index contributed by atoms with van der Waals surface area (Å²) in [5.41, 5.74) is 1.45. The highest BCUT2D eigenvalue weighted by Crippen LogP contribution is 2.21. The van der Waals surface area contributed by atoms with Gasteiger partial charge < -0.3 is 15.5 Å². The highest BCUT2D eigenvalue weighted by molar-refractivity contribution is 5.95. The van der Waals surface area contributed by atoms with Crippen LogP contribution in [0.3, 0.4) is 0 Å². The number of carbonyl (C=O) groups is 3. The smallest absolute Gasteiger partial charge is 0.254 e. The maximum atomic E-state index is 13.5. The molecular formula is C21H21F2N3O3. The molecule has 1 saturated heterocycles. The van der Waals surface area contributed by atoms with E-state index in [1.54, 1.807) is 4.90 Å². The Morgan fingerprint density at radius 1 is 1.03 bits per heavy atom. The van der Waals surface area contributed by atoms with Crippen LogP contribution in [0, 0.1) is 11.6 Å². The lowest BCUT2D eigenvalue weighted by Crippen LogP contribution is -2.31. The SMILES string of the molecule is O=C(CCNC(=O)c1ccc(F)cc1F)NCc1ccc(N2CCCC2=O)cc1. The molecule has 3 rings (SSSR count).